The van der Waals surface area contributed by atoms with Crippen LogP contribution in [0, 0.1) is 5.92 Å². The second kappa shape index (κ2) is 9.87. The molecule has 0 aliphatic carbocycles. The third-order valence-corrected chi connectivity index (χ3v) is 5.31. The molecule has 0 aromatic rings. The van der Waals surface area contributed by atoms with Crippen LogP contribution >= 0.6 is 0 Å². The van der Waals surface area contributed by atoms with Crippen LogP contribution in [0.1, 0.15) is 52.4 Å². The van der Waals surface area contributed by atoms with Crippen LogP contribution in [0.15, 0.2) is 5.16 Å². The Labute approximate surface area is 146 Å². The first kappa shape index (κ1) is 19.0. The van der Waals surface area contributed by atoms with E-state index < -0.39 is 0 Å². The summed E-state index contributed by atoms with van der Waals surface area (Å²) in [6.45, 7) is 8.35. The van der Waals surface area contributed by atoms with Crippen molar-refractivity contribution in [3.8, 4) is 0 Å². The lowest BCUT2D eigenvalue weighted by molar-refractivity contribution is 0.105. The van der Waals surface area contributed by atoms with Crippen LogP contribution in [0.5, 0.6) is 0 Å². The number of hydrogen-bond acceptors (Lipinski definition) is 5. The van der Waals surface area contributed by atoms with Crippen molar-refractivity contribution < 1.29 is 14.4 Å². The van der Waals surface area contributed by atoms with E-state index in [1.54, 1.807) is 7.11 Å². The summed E-state index contributed by atoms with van der Waals surface area (Å²) in [6, 6.07) is 0.592. The lowest BCUT2D eigenvalue weighted by Crippen LogP contribution is -2.43. The first-order valence-corrected chi connectivity index (χ1v) is 9.45. The fourth-order valence-electron chi connectivity index (χ4n) is 3.98. The standard InChI is InChI=1S/C18H33N3O3/c1-4-17(19-23-3)15-8-12-20(13-9-15)16-7-6-11-21(14-10-16)18(22)24-5-2/h15-16H,4-14H2,1-3H3/t16-/m0/s1. The van der Waals surface area contributed by atoms with E-state index >= 15 is 0 Å². The Morgan fingerprint density at radius 1 is 1.08 bits per heavy atom. The van der Waals surface area contributed by atoms with Gasteiger partial charge >= 0.3 is 6.09 Å². The third kappa shape index (κ3) is 5.10. The Hall–Kier alpha value is -1.30. The molecule has 0 bridgehead atoms. The van der Waals surface area contributed by atoms with Crippen LogP contribution < -0.4 is 0 Å². The molecule has 2 heterocycles. The number of rotatable bonds is 5. The van der Waals surface area contributed by atoms with Crippen molar-refractivity contribution in [1.82, 2.24) is 9.80 Å². The molecule has 0 spiro atoms. The van der Waals surface area contributed by atoms with Gasteiger partial charge in [-0.3, -0.25) is 0 Å². The van der Waals surface area contributed by atoms with Gasteiger partial charge in [-0.05, 0) is 58.5 Å². The van der Waals surface area contributed by atoms with Gasteiger partial charge in [0.15, 0.2) is 0 Å². The van der Waals surface area contributed by atoms with Gasteiger partial charge in [0, 0.05) is 25.0 Å². The van der Waals surface area contributed by atoms with Crippen molar-refractivity contribution in [3.05, 3.63) is 0 Å². The molecule has 6 nitrogen and oxygen atoms in total. The lowest BCUT2D eigenvalue weighted by atomic mass is 9.89. The van der Waals surface area contributed by atoms with Gasteiger partial charge in [-0.25, -0.2) is 4.79 Å². The van der Waals surface area contributed by atoms with Crippen molar-refractivity contribution in [1.29, 1.82) is 0 Å². The van der Waals surface area contributed by atoms with Crippen LogP contribution in [0.3, 0.4) is 0 Å². The SMILES string of the molecule is CCOC(=O)N1CCC[C@H](N2CCC(C(CC)=NOC)CC2)CC1. The number of nitrogens with zero attached hydrogens (tertiary/aromatic N) is 3. The Morgan fingerprint density at radius 2 is 1.83 bits per heavy atom. The number of likely N-dealkylation sites (tertiary alicyclic amines) is 2. The van der Waals surface area contributed by atoms with E-state index in [1.165, 1.54) is 12.1 Å². The molecule has 2 rings (SSSR count). The first-order chi connectivity index (χ1) is 11.7. The minimum Gasteiger partial charge on any atom is -0.450 e. The molecule has 1 atom stereocenters. The topological polar surface area (TPSA) is 54.4 Å². The predicted octanol–water partition coefficient (Wildman–Crippen LogP) is 3.12. The highest BCUT2D eigenvalue weighted by Gasteiger charge is 2.29. The maximum Gasteiger partial charge on any atom is 0.409 e. The Balaban J connectivity index is 1.82. The van der Waals surface area contributed by atoms with Gasteiger partial charge in [0.05, 0.1) is 12.3 Å². The highest BCUT2D eigenvalue weighted by molar-refractivity contribution is 5.86. The molecule has 0 radical (unpaired) electrons. The summed E-state index contributed by atoms with van der Waals surface area (Å²) in [4.78, 5) is 21.4. The second-order valence-electron chi connectivity index (χ2n) is 6.70. The van der Waals surface area contributed by atoms with Crippen LogP contribution in [0.4, 0.5) is 4.79 Å². The van der Waals surface area contributed by atoms with Crippen LogP contribution in [0.2, 0.25) is 0 Å². The maximum absolute atomic E-state index is 11.9. The van der Waals surface area contributed by atoms with E-state index in [0.29, 0.717) is 18.6 Å². The second-order valence-corrected chi connectivity index (χ2v) is 6.70. The molecule has 0 unspecified atom stereocenters. The highest BCUT2D eigenvalue weighted by atomic mass is 16.6. The normalized spacial score (nSPS) is 24.5. The Morgan fingerprint density at radius 3 is 2.46 bits per heavy atom. The monoisotopic (exact) mass is 339 g/mol. The van der Waals surface area contributed by atoms with Gasteiger partial charge in [0.2, 0.25) is 0 Å². The Kier molecular flexibility index (Phi) is 7.82. The molecule has 2 aliphatic heterocycles. The molecule has 24 heavy (non-hydrogen) atoms. The minimum atomic E-state index is -0.153. The molecule has 0 aromatic carbocycles. The predicted molar refractivity (Wildman–Crippen MR) is 95.3 cm³/mol. The zero-order valence-electron chi connectivity index (χ0n) is 15.5. The summed E-state index contributed by atoms with van der Waals surface area (Å²) >= 11 is 0. The molecule has 2 fully saturated rings. The van der Waals surface area contributed by atoms with Crippen molar-refractivity contribution >= 4 is 11.8 Å². The van der Waals surface area contributed by atoms with Gasteiger partial charge in [-0.1, -0.05) is 12.1 Å². The van der Waals surface area contributed by atoms with Gasteiger partial charge in [0.25, 0.3) is 0 Å². The van der Waals surface area contributed by atoms with Crippen molar-refractivity contribution in [2.75, 3.05) is 39.9 Å². The van der Waals surface area contributed by atoms with E-state index in [2.05, 4.69) is 17.0 Å². The molecule has 2 aliphatic rings. The smallest absolute Gasteiger partial charge is 0.409 e. The van der Waals surface area contributed by atoms with E-state index in [4.69, 9.17) is 9.57 Å². The highest BCUT2D eigenvalue weighted by Crippen LogP contribution is 2.26. The Bertz CT molecular complexity index is 420. The van der Waals surface area contributed by atoms with E-state index in [1.807, 2.05) is 11.8 Å². The summed E-state index contributed by atoms with van der Waals surface area (Å²) in [5.74, 6) is 0.563. The summed E-state index contributed by atoms with van der Waals surface area (Å²) < 4.78 is 5.14. The quantitative estimate of drug-likeness (QED) is 0.570. The molecule has 0 N–H and O–H groups in total. The fraction of sp³-hybridized carbons (Fsp3) is 0.889. The fourth-order valence-corrected chi connectivity index (χ4v) is 3.98. The molecule has 0 aromatic heterocycles. The number of amides is 1. The van der Waals surface area contributed by atoms with Crippen LogP contribution in [0.25, 0.3) is 0 Å². The molecule has 6 heteroatoms. The number of carbonyl (C=O) groups excluding carboxylic acids is 1. The zero-order valence-corrected chi connectivity index (χ0v) is 15.5. The van der Waals surface area contributed by atoms with Gasteiger partial charge in [0.1, 0.15) is 7.11 Å². The van der Waals surface area contributed by atoms with Crippen molar-refractivity contribution in [2.24, 2.45) is 11.1 Å². The van der Waals surface area contributed by atoms with Crippen molar-refractivity contribution in [3.63, 3.8) is 0 Å². The minimum absolute atomic E-state index is 0.153. The van der Waals surface area contributed by atoms with Crippen LogP contribution in [-0.2, 0) is 9.57 Å². The number of hydrogen-bond donors (Lipinski definition) is 0. The molecule has 1 amide bonds. The lowest BCUT2D eigenvalue weighted by Gasteiger charge is -2.37. The maximum atomic E-state index is 11.9. The summed E-state index contributed by atoms with van der Waals surface area (Å²) in [5.41, 5.74) is 1.20. The molecule has 0 saturated carbocycles. The largest absolute Gasteiger partial charge is 0.450 e. The molecular weight excluding hydrogens is 306 g/mol. The van der Waals surface area contributed by atoms with E-state index in [-0.39, 0.29) is 6.09 Å². The summed E-state index contributed by atoms with van der Waals surface area (Å²) in [7, 11) is 1.63. The average Bonchev–Trinajstić information content (AvgIpc) is 2.86. The van der Waals surface area contributed by atoms with Crippen LogP contribution in [-0.4, -0.2) is 67.5 Å². The third-order valence-electron chi connectivity index (χ3n) is 5.31. The number of piperidine rings is 1. The molecule has 2 saturated heterocycles. The zero-order chi connectivity index (χ0) is 17.4. The first-order valence-electron chi connectivity index (χ1n) is 9.45. The summed E-state index contributed by atoms with van der Waals surface area (Å²) in [6.07, 6.45) is 6.43. The van der Waals surface area contributed by atoms with Gasteiger partial charge in [-0.2, -0.15) is 0 Å². The summed E-state index contributed by atoms with van der Waals surface area (Å²) in [5, 5.41) is 4.21. The number of oxime groups is 1. The molecular formula is C18H33N3O3. The van der Waals surface area contributed by atoms with Crippen molar-refractivity contribution in [2.45, 2.75) is 58.4 Å². The van der Waals surface area contributed by atoms with Gasteiger partial charge in [-0.15, -0.1) is 0 Å². The average molecular weight is 339 g/mol. The van der Waals surface area contributed by atoms with E-state index in [9.17, 15) is 4.79 Å². The number of carbonyl (C=O) groups is 1. The molecule has 138 valence electrons. The van der Waals surface area contributed by atoms with Gasteiger partial charge < -0.3 is 19.4 Å². The van der Waals surface area contributed by atoms with E-state index in [0.717, 1.165) is 58.3 Å². The number of ether oxygens (including phenoxy) is 1.